The van der Waals surface area contributed by atoms with E-state index in [-0.39, 0.29) is 6.03 Å². The average Bonchev–Trinajstić information content (AvgIpc) is 2.77. The summed E-state index contributed by atoms with van der Waals surface area (Å²) >= 11 is 0. The summed E-state index contributed by atoms with van der Waals surface area (Å²) in [5.74, 6) is 0.0142. The lowest BCUT2D eigenvalue weighted by molar-refractivity contribution is -0.141. The number of urea groups is 1. The van der Waals surface area contributed by atoms with E-state index in [1.807, 2.05) is 6.92 Å². The summed E-state index contributed by atoms with van der Waals surface area (Å²) < 4.78 is 11.1. The van der Waals surface area contributed by atoms with Crippen LogP contribution in [0.1, 0.15) is 19.8 Å². The Bertz CT molecular complexity index is 321. The number of carbonyl (C=O) groups excluding carboxylic acids is 1. The van der Waals surface area contributed by atoms with Gasteiger partial charge in [0.1, 0.15) is 6.04 Å². The number of amides is 2. The number of carboxylic acid groups (broad SMARTS) is 1. The minimum absolute atomic E-state index is 0.322. The number of carboxylic acids is 1. The third-order valence-corrected chi connectivity index (χ3v) is 4.03. The summed E-state index contributed by atoms with van der Waals surface area (Å²) in [7, 11) is -0.912. The van der Waals surface area contributed by atoms with E-state index in [1.54, 1.807) is 0 Å². The average molecular weight is 262 g/mol. The molecule has 1 fully saturated rings. The van der Waals surface area contributed by atoms with Crippen LogP contribution in [0, 0.1) is 0 Å². The van der Waals surface area contributed by atoms with Crippen LogP contribution in [0.25, 0.3) is 0 Å². The highest BCUT2D eigenvalue weighted by atomic mass is 32.2. The first-order chi connectivity index (χ1) is 8.06. The predicted octanol–water partition coefficient (Wildman–Crippen LogP) is 0.0136. The summed E-state index contributed by atoms with van der Waals surface area (Å²) in [6.45, 7) is 2.61. The number of rotatable bonds is 5. The number of hydrogen-bond acceptors (Lipinski definition) is 3. The highest BCUT2D eigenvalue weighted by Crippen LogP contribution is 2.16. The Hall–Kier alpha value is -1.11. The Balaban J connectivity index is 2.37. The van der Waals surface area contributed by atoms with E-state index in [2.05, 4.69) is 5.32 Å². The highest BCUT2D eigenvalue weighted by molar-refractivity contribution is 7.84. The van der Waals surface area contributed by atoms with Crippen molar-refractivity contribution in [3.8, 4) is 0 Å². The van der Waals surface area contributed by atoms with Crippen LogP contribution in [-0.4, -0.2) is 56.9 Å². The van der Waals surface area contributed by atoms with Crippen molar-refractivity contribution in [1.29, 1.82) is 0 Å². The summed E-state index contributed by atoms with van der Waals surface area (Å²) in [6.07, 6.45) is 1.22. The van der Waals surface area contributed by atoms with Crippen LogP contribution < -0.4 is 5.32 Å². The van der Waals surface area contributed by atoms with Crippen LogP contribution in [0.2, 0.25) is 0 Å². The molecular formula is C10H18N2O4S. The molecule has 17 heavy (non-hydrogen) atoms. The molecular weight excluding hydrogens is 244 g/mol. The molecule has 6 nitrogen and oxygen atoms in total. The molecule has 1 aliphatic rings. The molecule has 0 aliphatic carbocycles. The van der Waals surface area contributed by atoms with Gasteiger partial charge in [0.15, 0.2) is 0 Å². The van der Waals surface area contributed by atoms with Crippen LogP contribution >= 0.6 is 0 Å². The molecule has 2 N–H and O–H groups in total. The molecule has 0 radical (unpaired) electrons. The third kappa shape index (κ3) is 3.99. The Labute approximate surface area is 103 Å². The van der Waals surface area contributed by atoms with Gasteiger partial charge in [-0.1, -0.05) is 6.92 Å². The first-order valence-electron chi connectivity index (χ1n) is 5.68. The van der Waals surface area contributed by atoms with Crippen molar-refractivity contribution in [2.45, 2.75) is 25.8 Å². The smallest absolute Gasteiger partial charge is 0.326 e. The molecule has 0 bridgehead atoms. The van der Waals surface area contributed by atoms with Crippen LogP contribution in [0.15, 0.2) is 0 Å². The van der Waals surface area contributed by atoms with Crippen LogP contribution in [0.3, 0.4) is 0 Å². The molecule has 1 heterocycles. The van der Waals surface area contributed by atoms with Crippen molar-refractivity contribution in [1.82, 2.24) is 10.2 Å². The van der Waals surface area contributed by atoms with Crippen molar-refractivity contribution in [2.24, 2.45) is 0 Å². The Kier molecular flexibility index (Phi) is 5.40. The summed E-state index contributed by atoms with van der Waals surface area (Å²) in [5, 5.41) is 11.5. The Morgan fingerprint density at radius 2 is 2.24 bits per heavy atom. The maximum absolute atomic E-state index is 11.7. The molecule has 0 spiro atoms. The molecule has 2 atom stereocenters. The minimum atomic E-state index is -0.963. The fourth-order valence-corrected chi connectivity index (χ4v) is 2.40. The van der Waals surface area contributed by atoms with E-state index in [4.69, 9.17) is 5.11 Å². The number of nitrogens with zero attached hydrogens (tertiary/aromatic N) is 1. The lowest BCUT2D eigenvalue weighted by Crippen LogP contribution is -2.46. The predicted molar refractivity (Wildman–Crippen MR) is 64.3 cm³/mol. The van der Waals surface area contributed by atoms with Gasteiger partial charge in [0.2, 0.25) is 0 Å². The normalized spacial score (nSPS) is 21.2. The standard InChI is InChI=1S/C10H18N2O4S/c1-2-17(16)7-5-11-10(15)12-6-3-4-8(12)9(13)14/h8H,2-7H2,1H3,(H,11,15)(H,13,14)/t8-,17?/m1/s1. The fraction of sp³-hybridized carbons (Fsp3) is 0.800. The maximum Gasteiger partial charge on any atom is 0.326 e. The van der Waals surface area contributed by atoms with Gasteiger partial charge in [-0.05, 0) is 12.8 Å². The van der Waals surface area contributed by atoms with Crippen LogP contribution in [0.5, 0.6) is 0 Å². The van der Waals surface area contributed by atoms with Gasteiger partial charge in [0, 0.05) is 35.4 Å². The monoisotopic (exact) mass is 262 g/mol. The van der Waals surface area contributed by atoms with Crippen molar-refractivity contribution >= 4 is 22.8 Å². The quantitative estimate of drug-likeness (QED) is 0.731. The molecule has 1 rings (SSSR count). The maximum atomic E-state index is 11.7. The highest BCUT2D eigenvalue weighted by Gasteiger charge is 2.33. The second-order valence-corrected chi connectivity index (χ2v) is 5.72. The van der Waals surface area contributed by atoms with E-state index >= 15 is 0 Å². The zero-order chi connectivity index (χ0) is 12.8. The molecule has 2 amide bonds. The topological polar surface area (TPSA) is 86.7 Å². The summed E-state index contributed by atoms with van der Waals surface area (Å²) in [5.41, 5.74) is 0. The second kappa shape index (κ2) is 6.58. The number of carbonyl (C=O) groups is 2. The van der Waals surface area contributed by atoms with Gasteiger partial charge in [-0.15, -0.1) is 0 Å². The molecule has 0 aromatic heterocycles. The van der Waals surface area contributed by atoms with Gasteiger partial charge in [-0.25, -0.2) is 9.59 Å². The van der Waals surface area contributed by atoms with E-state index in [0.717, 1.165) is 0 Å². The van der Waals surface area contributed by atoms with Crippen molar-refractivity contribution in [3.05, 3.63) is 0 Å². The SMILES string of the molecule is CCS(=O)CCNC(=O)N1CCC[C@@H]1C(=O)O. The minimum Gasteiger partial charge on any atom is -0.480 e. The Morgan fingerprint density at radius 3 is 2.82 bits per heavy atom. The molecule has 98 valence electrons. The van der Waals surface area contributed by atoms with Crippen molar-refractivity contribution in [3.63, 3.8) is 0 Å². The summed E-state index contributed by atoms with van der Waals surface area (Å²) in [6, 6.07) is -1.09. The number of aliphatic carboxylic acids is 1. The van der Waals surface area contributed by atoms with Gasteiger partial charge in [-0.2, -0.15) is 0 Å². The zero-order valence-corrected chi connectivity index (χ0v) is 10.7. The largest absolute Gasteiger partial charge is 0.480 e. The van der Waals surface area contributed by atoms with Crippen molar-refractivity contribution in [2.75, 3.05) is 24.6 Å². The lowest BCUT2D eigenvalue weighted by atomic mass is 10.2. The van der Waals surface area contributed by atoms with Gasteiger partial charge < -0.3 is 15.3 Å². The van der Waals surface area contributed by atoms with E-state index in [0.29, 0.717) is 37.4 Å². The molecule has 7 heteroatoms. The van der Waals surface area contributed by atoms with E-state index in [9.17, 15) is 13.8 Å². The number of likely N-dealkylation sites (tertiary alicyclic amines) is 1. The van der Waals surface area contributed by atoms with Gasteiger partial charge in [-0.3, -0.25) is 4.21 Å². The zero-order valence-electron chi connectivity index (χ0n) is 9.85. The van der Waals surface area contributed by atoms with Gasteiger partial charge >= 0.3 is 12.0 Å². The molecule has 1 unspecified atom stereocenters. The van der Waals surface area contributed by atoms with Crippen LogP contribution in [0.4, 0.5) is 4.79 Å². The van der Waals surface area contributed by atoms with Crippen molar-refractivity contribution < 1.29 is 18.9 Å². The molecule has 1 saturated heterocycles. The van der Waals surface area contributed by atoms with E-state index < -0.39 is 22.8 Å². The van der Waals surface area contributed by atoms with E-state index in [1.165, 1.54) is 4.90 Å². The number of nitrogens with one attached hydrogen (secondary N) is 1. The summed E-state index contributed by atoms with van der Waals surface area (Å²) in [4.78, 5) is 23.9. The molecule has 0 aromatic carbocycles. The first-order valence-corrected chi connectivity index (χ1v) is 7.17. The Morgan fingerprint density at radius 1 is 1.53 bits per heavy atom. The van der Waals surface area contributed by atoms with Gasteiger partial charge in [0.05, 0.1) is 0 Å². The molecule has 1 aliphatic heterocycles. The number of hydrogen-bond donors (Lipinski definition) is 2. The third-order valence-electron chi connectivity index (χ3n) is 2.73. The molecule has 0 saturated carbocycles. The van der Waals surface area contributed by atoms with Gasteiger partial charge in [0.25, 0.3) is 0 Å². The lowest BCUT2D eigenvalue weighted by Gasteiger charge is -2.21. The second-order valence-electron chi connectivity index (χ2n) is 3.85. The van der Waals surface area contributed by atoms with Crippen LogP contribution in [-0.2, 0) is 15.6 Å². The first kappa shape index (κ1) is 14.0. The molecule has 0 aromatic rings. The fourth-order valence-electron chi connectivity index (χ4n) is 1.78.